The average molecular weight is 428 g/mol. The highest BCUT2D eigenvalue weighted by atomic mass is 32.1. The number of amides is 1. The topological polar surface area (TPSA) is 96.7 Å². The Morgan fingerprint density at radius 3 is 2.77 bits per heavy atom. The van der Waals surface area contributed by atoms with E-state index in [2.05, 4.69) is 50.7 Å². The molecule has 0 atom stereocenters. The molecular weight excluding hydrogens is 406 g/mol. The Morgan fingerprint density at radius 2 is 1.94 bits per heavy atom. The SMILES string of the molecule is NC(=O)c1ccc(Cc2cc3ncnc(NCCc4c[nH]c5ccccc45)c3s2)cc1. The monoisotopic (exact) mass is 427 g/mol. The molecule has 0 aliphatic heterocycles. The fourth-order valence-electron chi connectivity index (χ4n) is 3.76. The highest BCUT2D eigenvalue weighted by Crippen LogP contribution is 2.30. The van der Waals surface area contributed by atoms with Crippen LogP contribution in [0.2, 0.25) is 0 Å². The molecule has 4 N–H and O–H groups in total. The molecule has 0 fully saturated rings. The lowest BCUT2D eigenvalue weighted by molar-refractivity contribution is 0.100. The zero-order chi connectivity index (χ0) is 21.2. The van der Waals surface area contributed by atoms with Crippen molar-refractivity contribution in [2.45, 2.75) is 12.8 Å². The zero-order valence-corrected chi connectivity index (χ0v) is 17.6. The molecule has 0 aliphatic carbocycles. The van der Waals surface area contributed by atoms with E-state index < -0.39 is 5.91 Å². The molecule has 0 radical (unpaired) electrons. The van der Waals surface area contributed by atoms with Gasteiger partial charge in [-0.1, -0.05) is 30.3 Å². The number of fused-ring (bicyclic) bond motifs is 2. The minimum absolute atomic E-state index is 0.410. The molecule has 5 aromatic rings. The van der Waals surface area contributed by atoms with Gasteiger partial charge in [0.05, 0.1) is 10.2 Å². The van der Waals surface area contributed by atoms with Gasteiger partial charge >= 0.3 is 0 Å². The Morgan fingerprint density at radius 1 is 1.10 bits per heavy atom. The lowest BCUT2D eigenvalue weighted by Gasteiger charge is -2.05. The van der Waals surface area contributed by atoms with Crippen LogP contribution >= 0.6 is 11.3 Å². The van der Waals surface area contributed by atoms with Gasteiger partial charge < -0.3 is 16.0 Å². The van der Waals surface area contributed by atoms with Gasteiger partial charge in [0.25, 0.3) is 0 Å². The van der Waals surface area contributed by atoms with Crippen LogP contribution in [-0.2, 0) is 12.8 Å². The van der Waals surface area contributed by atoms with E-state index in [4.69, 9.17) is 5.73 Å². The van der Waals surface area contributed by atoms with Crippen LogP contribution in [0.15, 0.2) is 67.1 Å². The second-order valence-corrected chi connectivity index (χ2v) is 8.56. The highest BCUT2D eigenvalue weighted by Gasteiger charge is 2.10. The number of nitrogens with zero attached hydrogens (tertiary/aromatic N) is 2. The molecule has 0 unspecified atom stereocenters. The van der Waals surface area contributed by atoms with Crippen LogP contribution in [0, 0.1) is 0 Å². The number of carbonyl (C=O) groups excluding carboxylic acids is 1. The lowest BCUT2D eigenvalue weighted by atomic mass is 10.1. The molecule has 2 aromatic carbocycles. The molecule has 0 bridgehead atoms. The number of thiophene rings is 1. The van der Waals surface area contributed by atoms with Crippen LogP contribution in [0.1, 0.15) is 26.4 Å². The second-order valence-electron chi connectivity index (χ2n) is 7.42. The fourth-order valence-corrected chi connectivity index (χ4v) is 4.87. The number of carbonyl (C=O) groups is 1. The first-order valence-corrected chi connectivity index (χ1v) is 10.9. The van der Waals surface area contributed by atoms with E-state index in [0.29, 0.717) is 5.56 Å². The van der Waals surface area contributed by atoms with E-state index in [1.165, 1.54) is 15.8 Å². The number of para-hydroxylation sites is 1. The number of nitrogens with one attached hydrogen (secondary N) is 2. The third kappa shape index (κ3) is 4.00. The smallest absolute Gasteiger partial charge is 0.248 e. The molecular formula is C24H21N5OS. The second kappa shape index (κ2) is 8.20. The Labute approximate surface area is 183 Å². The first-order chi connectivity index (χ1) is 15.2. The van der Waals surface area contributed by atoms with Crippen LogP contribution in [0.3, 0.4) is 0 Å². The molecule has 154 valence electrons. The number of benzene rings is 2. The summed E-state index contributed by atoms with van der Waals surface area (Å²) in [4.78, 5) is 24.7. The summed E-state index contributed by atoms with van der Waals surface area (Å²) in [5.74, 6) is 0.456. The highest BCUT2D eigenvalue weighted by molar-refractivity contribution is 7.19. The van der Waals surface area contributed by atoms with Crippen molar-refractivity contribution in [1.29, 1.82) is 0 Å². The molecule has 3 heterocycles. The molecule has 0 aliphatic rings. The number of nitrogens with two attached hydrogens (primary N) is 1. The fraction of sp³-hybridized carbons (Fsp3) is 0.125. The standard InChI is InChI=1S/C24H21N5OS/c25-23(30)16-7-5-15(6-8-16)11-18-12-21-22(31-18)24(29-14-28-21)26-10-9-17-13-27-20-4-2-1-3-19(17)20/h1-8,12-14,27H,9-11H2,(H2,25,30)(H,26,28,29). The molecule has 5 rings (SSSR count). The number of aromatic nitrogens is 3. The van der Waals surface area contributed by atoms with Gasteiger partial charge in [-0.3, -0.25) is 4.79 Å². The third-order valence-corrected chi connectivity index (χ3v) is 6.47. The van der Waals surface area contributed by atoms with Crippen LogP contribution in [0.5, 0.6) is 0 Å². The Hall–Kier alpha value is -3.71. The van der Waals surface area contributed by atoms with E-state index in [-0.39, 0.29) is 0 Å². The Kier molecular flexibility index (Phi) is 5.09. The predicted octanol–water partition coefficient (Wildman–Crippen LogP) is 4.52. The van der Waals surface area contributed by atoms with Crippen LogP contribution < -0.4 is 11.1 Å². The van der Waals surface area contributed by atoms with E-state index in [0.717, 1.165) is 46.5 Å². The van der Waals surface area contributed by atoms with Crippen molar-refractivity contribution in [3.63, 3.8) is 0 Å². The van der Waals surface area contributed by atoms with Gasteiger partial charge in [-0.2, -0.15) is 0 Å². The quantitative estimate of drug-likeness (QED) is 0.356. The lowest BCUT2D eigenvalue weighted by Crippen LogP contribution is -2.10. The Bertz CT molecular complexity index is 1370. The summed E-state index contributed by atoms with van der Waals surface area (Å²) in [5.41, 5.74) is 10.4. The van der Waals surface area contributed by atoms with Crippen molar-refractivity contribution in [3.8, 4) is 0 Å². The van der Waals surface area contributed by atoms with E-state index in [1.54, 1.807) is 29.8 Å². The molecule has 1 amide bonds. The summed E-state index contributed by atoms with van der Waals surface area (Å²) in [6.07, 6.45) is 5.36. The molecule has 3 aromatic heterocycles. The first kappa shape index (κ1) is 19.3. The number of aromatic amines is 1. The van der Waals surface area contributed by atoms with Crippen molar-refractivity contribution in [2.24, 2.45) is 5.73 Å². The maximum absolute atomic E-state index is 11.3. The van der Waals surface area contributed by atoms with Gasteiger partial charge in [0.2, 0.25) is 5.91 Å². The molecule has 0 spiro atoms. The summed E-state index contributed by atoms with van der Waals surface area (Å²) in [7, 11) is 0. The maximum atomic E-state index is 11.3. The Balaban J connectivity index is 1.30. The summed E-state index contributed by atoms with van der Waals surface area (Å²) in [5, 5.41) is 4.74. The van der Waals surface area contributed by atoms with Gasteiger partial charge in [-0.05, 0) is 41.8 Å². The van der Waals surface area contributed by atoms with Gasteiger partial charge in [0, 0.05) is 40.5 Å². The maximum Gasteiger partial charge on any atom is 0.248 e. The minimum Gasteiger partial charge on any atom is -0.368 e. The van der Waals surface area contributed by atoms with Crippen LogP contribution in [0.4, 0.5) is 5.82 Å². The van der Waals surface area contributed by atoms with E-state index >= 15 is 0 Å². The molecule has 7 heteroatoms. The van der Waals surface area contributed by atoms with Crippen molar-refractivity contribution < 1.29 is 4.79 Å². The van der Waals surface area contributed by atoms with Crippen molar-refractivity contribution >= 4 is 44.2 Å². The number of hydrogen-bond acceptors (Lipinski definition) is 5. The van der Waals surface area contributed by atoms with Crippen LogP contribution in [0.25, 0.3) is 21.1 Å². The number of H-pyrrole nitrogens is 1. The molecule has 31 heavy (non-hydrogen) atoms. The van der Waals surface area contributed by atoms with Crippen molar-refractivity contribution in [3.05, 3.63) is 88.7 Å². The zero-order valence-electron chi connectivity index (χ0n) is 16.8. The average Bonchev–Trinajstić information content (AvgIpc) is 3.38. The van der Waals surface area contributed by atoms with Gasteiger partial charge in [0.15, 0.2) is 0 Å². The minimum atomic E-state index is -0.410. The largest absolute Gasteiger partial charge is 0.368 e. The van der Waals surface area contributed by atoms with Crippen molar-refractivity contribution in [2.75, 3.05) is 11.9 Å². The number of anilines is 1. The summed E-state index contributed by atoms with van der Waals surface area (Å²) in [6, 6.07) is 17.9. The van der Waals surface area contributed by atoms with Gasteiger partial charge in [-0.15, -0.1) is 11.3 Å². The van der Waals surface area contributed by atoms with E-state index in [1.807, 2.05) is 18.2 Å². The summed E-state index contributed by atoms with van der Waals surface area (Å²) < 4.78 is 1.06. The van der Waals surface area contributed by atoms with Gasteiger partial charge in [-0.25, -0.2) is 9.97 Å². The predicted molar refractivity (Wildman–Crippen MR) is 126 cm³/mol. The molecule has 0 saturated carbocycles. The first-order valence-electron chi connectivity index (χ1n) is 10.1. The van der Waals surface area contributed by atoms with E-state index in [9.17, 15) is 4.79 Å². The normalized spacial score (nSPS) is 11.2. The number of rotatable bonds is 7. The number of hydrogen-bond donors (Lipinski definition) is 3. The summed E-state index contributed by atoms with van der Waals surface area (Å²) >= 11 is 1.69. The summed E-state index contributed by atoms with van der Waals surface area (Å²) in [6.45, 7) is 0.787. The number of primary amides is 1. The van der Waals surface area contributed by atoms with Gasteiger partial charge in [0.1, 0.15) is 12.1 Å². The molecule has 0 saturated heterocycles. The molecule has 6 nitrogen and oxygen atoms in total. The third-order valence-electron chi connectivity index (χ3n) is 5.34. The van der Waals surface area contributed by atoms with Crippen molar-refractivity contribution in [1.82, 2.24) is 15.0 Å². The van der Waals surface area contributed by atoms with Crippen LogP contribution in [-0.4, -0.2) is 27.4 Å².